The van der Waals surface area contributed by atoms with Crippen LogP contribution in [0.2, 0.25) is 0 Å². The minimum absolute atomic E-state index is 0.246. The minimum Gasteiger partial charge on any atom is -0.326 e. The van der Waals surface area contributed by atoms with Crippen molar-refractivity contribution in [3.8, 4) is 0 Å². The van der Waals surface area contributed by atoms with E-state index in [0.717, 1.165) is 5.56 Å². The third-order valence-electron chi connectivity index (χ3n) is 2.80. The zero-order valence-corrected chi connectivity index (χ0v) is 11.8. The average molecular weight is 295 g/mol. The highest BCUT2D eigenvalue weighted by Gasteiger charge is 2.12. The van der Waals surface area contributed by atoms with Crippen LogP contribution in [0, 0.1) is 0 Å². The largest absolute Gasteiger partial charge is 0.326 e. The normalized spacial score (nSPS) is 11.7. The second-order valence-corrected chi connectivity index (χ2v) is 6.03. The van der Waals surface area contributed by atoms with Crippen LogP contribution in [0.4, 0.5) is 0 Å². The third kappa shape index (κ3) is 3.86. The molecule has 0 aliphatic heterocycles. The van der Waals surface area contributed by atoms with Gasteiger partial charge in [0.1, 0.15) is 0 Å². The van der Waals surface area contributed by atoms with Gasteiger partial charge in [0.2, 0.25) is 10.0 Å². The molecule has 2 aromatic rings. The third-order valence-corrected chi connectivity index (χ3v) is 4.27. The maximum atomic E-state index is 12.0. The molecule has 0 saturated carbocycles. The molecule has 0 bridgehead atoms. The molecule has 0 fully saturated rings. The average Bonchev–Trinajstić information content (AvgIpc) is 2.97. The molecule has 1 aromatic carbocycles. The van der Waals surface area contributed by atoms with Crippen LogP contribution in [-0.4, -0.2) is 30.0 Å². The van der Waals surface area contributed by atoms with E-state index in [1.807, 2.05) is 0 Å². The van der Waals surface area contributed by atoms with E-state index in [1.54, 1.807) is 41.3 Å². The van der Waals surface area contributed by atoms with Crippen LogP contribution in [-0.2, 0) is 23.1 Å². The predicted octanol–water partition coefficient (Wildman–Crippen LogP) is 0.105. The first-order valence-corrected chi connectivity index (χ1v) is 7.73. The summed E-state index contributed by atoms with van der Waals surface area (Å²) in [4.78, 5) is 0.246. The number of nitrogens with one attached hydrogen (secondary N) is 1. The van der Waals surface area contributed by atoms with Gasteiger partial charge in [0.05, 0.1) is 11.1 Å². The summed E-state index contributed by atoms with van der Waals surface area (Å²) in [6.45, 7) is 1.36. The Morgan fingerprint density at radius 1 is 1.25 bits per heavy atom. The van der Waals surface area contributed by atoms with Crippen molar-refractivity contribution in [1.29, 1.82) is 0 Å². The fraction of sp³-hybridized carbons (Fsp3) is 0.333. The lowest BCUT2D eigenvalue weighted by molar-refractivity contribution is 0.542. The van der Waals surface area contributed by atoms with Crippen LogP contribution >= 0.6 is 0 Å². The summed E-state index contributed by atoms with van der Waals surface area (Å²) in [6.07, 6.45) is 3.96. The lowest BCUT2D eigenvalue weighted by atomic mass is 10.2. The number of sulfonamides is 1. The molecule has 0 aliphatic rings. The molecule has 0 aliphatic carbocycles. The van der Waals surface area contributed by atoms with Gasteiger partial charge in [-0.25, -0.2) is 13.1 Å². The number of aryl methyl sites for hydroxylation is 1. The molecule has 108 valence electrons. The molecule has 0 radical (unpaired) electrons. The Morgan fingerprint density at radius 3 is 2.60 bits per heavy atom. The molecular formula is C12H17N5O2S. The molecule has 0 atom stereocenters. The van der Waals surface area contributed by atoms with E-state index in [-0.39, 0.29) is 4.90 Å². The fourth-order valence-electron chi connectivity index (χ4n) is 1.69. The van der Waals surface area contributed by atoms with Crippen molar-refractivity contribution in [3.05, 3.63) is 42.2 Å². The Labute approximate surface area is 117 Å². The van der Waals surface area contributed by atoms with Crippen LogP contribution in [0.3, 0.4) is 0 Å². The maximum absolute atomic E-state index is 12.0. The number of hydrogen-bond acceptors (Lipinski definition) is 5. The summed E-state index contributed by atoms with van der Waals surface area (Å²) in [5.74, 6) is 0. The lowest BCUT2D eigenvalue weighted by Crippen LogP contribution is -2.25. The second kappa shape index (κ2) is 6.60. The number of aromatic nitrogens is 3. The Hall–Kier alpha value is -1.77. The highest BCUT2D eigenvalue weighted by Crippen LogP contribution is 2.10. The van der Waals surface area contributed by atoms with Crippen molar-refractivity contribution in [2.45, 2.75) is 24.4 Å². The van der Waals surface area contributed by atoms with E-state index in [0.29, 0.717) is 26.1 Å². The summed E-state index contributed by atoms with van der Waals surface area (Å²) >= 11 is 0. The molecule has 3 N–H and O–H groups in total. The van der Waals surface area contributed by atoms with E-state index >= 15 is 0 Å². The molecule has 0 amide bonds. The molecule has 0 unspecified atom stereocenters. The number of hydrogen-bond donors (Lipinski definition) is 2. The molecule has 1 heterocycles. The van der Waals surface area contributed by atoms with Gasteiger partial charge in [-0.05, 0) is 24.1 Å². The lowest BCUT2D eigenvalue weighted by Gasteiger charge is -2.07. The van der Waals surface area contributed by atoms with Gasteiger partial charge in [-0.1, -0.05) is 17.3 Å². The molecular weight excluding hydrogens is 278 g/mol. The van der Waals surface area contributed by atoms with Crippen LogP contribution < -0.4 is 10.5 Å². The van der Waals surface area contributed by atoms with Crippen molar-refractivity contribution in [1.82, 2.24) is 19.7 Å². The van der Waals surface area contributed by atoms with Gasteiger partial charge >= 0.3 is 0 Å². The topological polar surface area (TPSA) is 103 Å². The van der Waals surface area contributed by atoms with Crippen molar-refractivity contribution in [2.75, 3.05) is 6.54 Å². The van der Waals surface area contributed by atoms with E-state index in [4.69, 9.17) is 5.73 Å². The highest BCUT2D eigenvalue weighted by atomic mass is 32.2. The molecule has 0 spiro atoms. The number of nitrogens with two attached hydrogens (primary N) is 1. The van der Waals surface area contributed by atoms with Crippen LogP contribution in [0.1, 0.15) is 12.0 Å². The van der Waals surface area contributed by atoms with E-state index in [9.17, 15) is 8.42 Å². The standard InChI is InChI=1S/C12H17N5O2S/c13-10-11-2-4-12(5-3-11)20(18,19)15-6-1-8-17-9-7-14-16-17/h2-5,7,9,15H,1,6,8,10,13H2. The first kappa shape index (κ1) is 14.6. The minimum atomic E-state index is -3.46. The highest BCUT2D eigenvalue weighted by molar-refractivity contribution is 7.89. The molecule has 8 heteroatoms. The van der Waals surface area contributed by atoms with Gasteiger partial charge in [0.25, 0.3) is 0 Å². The summed E-state index contributed by atoms with van der Waals surface area (Å²) in [5, 5.41) is 7.48. The van der Waals surface area contributed by atoms with E-state index in [1.165, 1.54) is 0 Å². The van der Waals surface area contributed by atoms with Crippen molar-refractivity contribution in [3.63, 3.8) is 0 Å². The smallest absolute Gasteiger partial charge is 0.240 e. The maximum Gasteiger partial charge on any atom is 0.240 e. The molecule has 20 heavy (non-hydrogen) atoms. The predicted molar refractivity (Wildman–Crippen MR) is 74.2 cm³/mol. The first-order chi connectivity index (χ1) is 9.62. The van der Waals surface area contributed by atoms with Crippen LogP contribution in [0.5, 0.6) is 0 Å². The molecule has 1 aromatic heterocycles. The Kier molecular flexibility index (Phi) is 4.83. The Balaban J connectivity index is 1.86. The summed E-state index contributed by atoms with van der Waals surface area (Å²) in [6, 6.07) is 6.54. The summed E-state index contributed by atoms with van der Waals surface area (Å²) < 4.78 is 28.2. The van der Waals surface area contributed by atoms with Gasteiger partial charge in [0, 0.05) is 25.8 Å². The van der Waals surface area contributed by atoms with Gasteiger partial charge in [0.15, 0.2) is 0 Å². The Bertz CT molecular complexity index is 622. The number of benzene rings is 1. The summed E-state index contributed by atoms with van der Waals surface area (Å²) in [5.41, 5.74) is 6.37. The zero-order chi connectivity index (χ0) is 14.4. The fourth-order valence-corrected chi connectivity index (χ4v) is 2.76. The van der Waals surface area contributed by atoms with Crippen LogP contribution in [0.15, 0.2) is 41.6 Å². The Morgan fingerprint density at radius 2 is 2.00 bits per heavy atom. The zero-order valence-electron chi connectivity index (χ0n) is 10.9. The van der Waals surface area contributed by atoms with Gasteiger partial charge in [-0.15, -0.1) is 5.10 Å². The van der Waals surface area contributed by atoms with E-state index < -0.39 is 10.0 Å². The molecule has 2 rings (SSSR count). The van der Waals surface area contributed by atoms with Gasteiger partial charge < -0.3 is 5.73 Å². The summed E-state index contributed by atoms with van der Waals surface area (Å²) in [7, 11) is -3.46. The number of nitrogens with zero attached hydrogens (tertiary/aromatic N) is 3. The first-order valence-electron chi connectivity index (χ1n) is 6.24. The quantitative estimate of drug-likeness (QED) is 0.705. The molecule has 0 saturated heterocycles. The SMILES string of the molecule is NCc1ccc(S(=O)(=O)NCCCn2ccnn2)cc1. The van der Waals surface area contributed by atoms with Crippen LogP contribution in [0.25, 0.3) is 0 Å². The van der Waals surface area contributed by atoms with E-state index in [2.05, 4.69) is 15.0 Å². The molecule has 7 nitrogen and oxygen atoms in total. The number of rotatable bonds is 7. The van der Waals surface area contributed by atoms with Crippen molar-refractivity contribution in [2.24, 2.45) is 5.73 Å². The monoisotopic (exact) mass is 295 g/mol. The van der Waals surface area contributed by atoms with Crippen molar-refractivity contribution < 1.29 is 8.42 Å². The van der Waals surface area contributed by atoms with Gasteiger partial charge in [-0.3, -0.25) is 4.68 Å². The van der Waals surface area contributed by atoms with Crippen molar-refractivity contribution >= 4 is 10.0 Å². The van der Waals surface area contributed by atoms with Gasteiger partial charge in [-0.2, -0.15) is 0 Å². The second-order valence-electron chi connectivity index (χ2n) is 4.27.